The molecular weight excluding hydrogens is 304 g/mol. The Bertz CT molecular complexity index is 488. The van der Waals surface area contributed by atoms with E-state index >= 15 is 0 Å². The number of aromatic hydroxyl groups is 1. The second-order valence-electron chi connectivity index (χ2n) is 10.2. The Morgan fingerprint density at radius 1 is 0.680 bits per heavy atom. The highest BCUT2D eigenvalue weighted by atomic mass is 16.3. The van der Waals surface area contributed by atoms with Crippen molar-refractivity contribution in [2.24, 2.45) is 10.8 Å². The van der Waals surface area contributed by atoms with Gasteiger partial charge in [0.1, 0.15) is 5.75 Å². The molecule has 0 amide bonds. The van der Waals surface area contributed by atoms with E-state index in [1.54, 1.807) is 0 Å². The van der Waals surface area contributed by atoms with Crippen molar-refractivity contribution in [3.05, 3.63) is 29.3 Å². The fraction of sp³-hybridized carbons (Fsp3) is 0.750. The van der Waals surface area contributed by atoms with Crippen molar-refractivity contribution in [3.63, 3.8) is 0 Å². The molecule has 0 aliphatic heterocycles. The summed E-state index contributed by atoms with van der Waals surface area (Å²) in [7, 11) is 0. The lowest BCUT2D eigenvalue weighted by atomic mass is 9.89. The van der Waals surface area contributed by atoms with Gasteiger partial charge in [0.15, 0.2) is 0 Å². The van der Waals surface area contributed by atoms with Crippen molar-refractivity contribution >= 4 is 0 Å². The highest BCUT2D eigenvalue weighted by Crippen LogP contribution is 2.26. The number of hydrogen-bond donors (Lipinski definition) is 1. The van der Waals surface area contributed by atoms with Crippen LogP contribution >= 0.6 is 0 Å². The minimum absolute atomic E-state index is 0.429. The van der Waals surface area contributed by atoms with Crippen LogP contribution in [0, 0.1) is 10.8 Å². The maximum atomic E-state index is 10.3. The van der Waals surface area contributed by atoms with Gasteiger partial charge in [0, 0.05) is 0 Å². The van der Waals surface area contributed by atoms with Crippen LogP contribution in [0.5, 0.6) is 5.75 Å². The zero-order chi connectivity index (χ0) is 18.9. The van der Waals surface area contributed by atoms with Gasteiger partial charge in [0.05, 0.1) is 0 Å². The Morgan fingerprint density at radius 3 is 1.76 bits per heavy atom. The largest absolute Gasteiger partial charge is 0.508 e. The van der Waals surface area contributed by atoms with E-state index in [-0.39, 0.29) is 0 Å². The van der Waals surface area contributed by atoms with Crippen molar-refractivity contribution in [1.82, 2.24) is 0 Å². The molecule has 0 aliphatic carbocycles. The molecule has 0 spiro atoms. The Kier molecular flexibility index (Phi) is 9.03. The highest BCUT2D eigenvalue weighted by molar-refractivity contribution is 5.36. The van der Waals surface area contributed by atoms with Gasteiger partial charge in [0.25, 0.3) is 0 Å². The van der Waals surface area contributed by atoms with E-state index in [0.29, 0.717) is 16.6 Å². The predicted octanol–water partition coefficient (Wildman–Crippen LogP) is 7.69. The second-order valence-corrected chi connectivity index (χ2v) is 10.2. The summed E-state index contributed by atoms with van der Waals surface area (Å²) in [4.78, 5) is 0. The van der Waals surface area contributed by atoms with Gasteiger partial charge in [-0.1, -0.05) is 79.4 Å². The summed E-state index contributed by atoms with van der Waals surface area (Å²) in [6, 6.07) is 6.35. The monoisotopic (exact) mass is 346 g/mol. The molecule has 0 radical (unpaired) electrons. The minimum Gasteiger partial charge on any atom is -0.508 e. The molecule has 1 rings (SSSR count). The number of phenolic OH excluding ortho intramolecular Hbond substituents is 1. The van der Waals surface area contributed by atoms with Gasteiger partial charge in [-0.05, 0) is 66.5 Å². The molecule has 0 heterocycles. The van der Waals surface area contributed by atoms with Crippen LogP contribution in [-0.2, 0) is 12.8 Å². The zero-order valence-electron chi connectivity index (χ0n) is 17.8. The molecule has 0 unspecified atom stereocenters. The molecule has 1 nitrogen and oxygen atoms in total. The van der Waals surface area contributed by atoms with Crippen LogP contribution in [0.25, 0.3) is 0 Å². The fourth-order valence-corrected chi connectivity index (χ4v) is 3.29. The van der Waals surface area contributed by atoms with E-state index < -0.39 is 0 Å². The van der Waals surface area contributed by atoms with E-state index in [1.165, 1.54) is 56.9 Å². The van der Waals surface area contributed by atoms with Gasteiger partial charge in [-0.3, -0.25) is 0 Å². The molecule has 0 atom stereocenters. The third-order valence-electron chi connectivity index (χ3n) is 4.91. The van der Waals surface area contributed by atoms with E-state index in [2.05, 4.69) is 53.7 Å². The number of rotatable bonds is 10. The summed E-state index contributed by atoms with van der Waals surface area (Å²) in [6.07, 6.45) is 12.2. The third-order valence-corrected chi connectivity index (χ3v) is 4.91. The van der Waals surface area contributed by atoms with Gasteiger partial charge < -0.3 is 5.11 Å². The molecule has 0 saturated heterocycles. The van der Waals surface area contributed by atoms with Crippen LogP contribution in [0.3, 0.4) is 0 Å². The van der Waals surface area contributed by atoms with Crippen LogP contribution < -0.4 is 0 Å². The van der Waals surface area contributed by atoms with E-state index in [9.17, 15) is 5.11 Å². The Labute approximate surface area is 157 Å². The van der Waals surface area contributed by atoms with Gasteiger partial charge in [-0.15, -0.1) is 0 Å². The third kappa shape index (κ3) is 11.3. The molecule has 1 N–H and O–H groups in total. The maximum Gasteiger partial charge on any atom is 0.119 e. The highest BCUT2D eigenvalue weighted by Gasteiger charge is 2.10. The standard InChI is InChI=1S/C24H42O/c1-23(2,3)17-11-8-7-9-14-21-16-15-20(19-22(21)25)13-10-12-18-24(4,5)6/h15-16,19,25H,7-14,17-18H2,1-6H3. The normalized spacial score (nSPS) is 12.6. The summed E-state index contributed by atoms with van der Waals surface area (Å²) in [5, 5.41) is 10.3. The van der Waals surface area contributed by atoms with Crippen molar-refractivity contribution in [3.8, 4) is 5.75 Å². The molecule has 0 saturated carbocycles. The fourth-order valence-electron chi connectivity index (χ4n) is 3.29. The van der Waals surface area contributed by atoms with Crippen LogP contribution in [0.2, 0.25) is 0 Å². The van der Waals surface area contributed by atoms with Gasteiger partial charge >= 0.3 is 0 Å². The molecule has 25 heavy (non-hydrogen) atoms. The topological polar surface area (TPSA) is 20.2 Å². The Balaban J connectivity index is 2.26. The number of unbranched alkanes of at least 4 members (excludes halogenated alkanes) is 4. The molecule has 144 valence electrons. The van der Waals surface area contributed by atoms with Crippen molar-refractivity contribution in [2.75, 3.05) is 0 Å². The number of hydrogen-bond acceptors (Lipinski definition) is 1. The van der Waals surface area contributed by atoms with E-state index in [4.69, 9.17) is 0 Å². The lowest BCUT2D eigenvalue weighted by molar-refractivity contribution is 0.357. The molecule has 0 fully saturated rings. The summed E-state index contributed by atoms with van der Waals surface area (Å²) in [5.74, 6) is 0.503. The van der Waals surface area contributed by atoms with E-state index in [1.807, 2.05) is 6.07 Å². The number of aryl methyl sites for hydroxylation is 2. The van der Waals surface area contributed by atoms with Gasteiger partial charge in [-0.25, -0.2) is 0 Å². The molecule has 1 aromatic carbocycles. The number of phenols is 1. The summed E-state index contributed by atoms with van der Waals surface area (Å²) in [6.45, 7) is 13.9. The number of benzene rings is 1. The average molecular weight is 347 g/mol. The maximum absolute atomic E-state index is 10.3. The van der Waals surface area contributed by atoms with Crippen LogP contribution in [-0.4, -0.2) is 5.11 Å². The molecule has 0 aromatic heterocycles. The van der Waals surface area contributed by atoms with Gasteiger partial charge in [-0.2, -0.15) is 0 Å². The molecule has 0 bridgehead atoms. The van der Waals surface area contributed by atoms with Crippen molar-refractivity contribution < 1.29 is 5.11 Å². The molecule has 0 aliphatic rings. The Hall–Kier alpha value is -0.980. The minimum atomic E-state index is 0.429. The lowest BCUT2D eigenvalue weighted by Crippen LogP contribution is -2.04. The quantitative estimate of drug-likeness (QED) is 0.430. The van der Waals surface area contributed by atoms with Crippen molar-refractivity contribution in [1.29, 1.82) is 0 Å². The van der Waals surface area contributed by atoms with Gasteiger partial charge in [0.2, 0.25) is 0 Å². The molecule has 1 heteroatoms. The summed E-state index contributed by atoms with van der Waals surface area (Å²) in [5.41, 5.74) is 3.29. The summed E-state index contributed by atoms with van der Waals surface area (Å²) >= 11 is 0. The van der Waals surface area contributed by atoms with Crippen molar-refractivity contribution in [2.45, 2.75) is 106 Å². The average Bonchev–Trinajstić information content (AvgIpc) is 2.47. The second kappa shape index (κ2) is 10.2. The molecule has 1 aromatic rings. The Morgan fingerprint density at radius 2 is 1.20 bits per heavy atom. The first-order valence-corrected chi connectivity index (χ1v) is 10.4. The first-order chi connectivity index (χ1) is 11.6. The SMILES string of the molecule is CC(C)(C)CCCCCCc1ccc(CCCCC(C)(C)C)cc1O. The first kappa shape index (κ1) is 22.1. The van der Waals surface area contributed by atoms with Crippen LogP contribution in [0.1, 0.15) is 104 Å². The zero-order valence-corrected chi connectivity index (χ0v) is 17.8. The van der Waals surface area contributed by atoms with E-state index in [0.717, 1.165) is 18.4 Å². The smallest absolute Gasteiger partial charge is 0.119 e. The van der Waals surface area contributed by atoms with Crippen LogP contribution in [0.4, 0.5) is 0 Å². The lowest BCUT2D eigenvalue weighted by Gasteiger charge is -2.17. The first-order valence-electron chi connectivity index (χ1n) is 10.4. The summed E-state index contributed by atoms with van der Waals surface area (Å²) < 4.78 is 0. The predicted molar refractivity (Wildman–Crippen MR) is 111 cm³/mol. The van der Waals surface area contributed by atoms with Crippen LogP contribution in [0.15, 0.2) is 18.2 Å². The molecular formula is C24H42O.